The maximum atomic E-state index is 14.2. The second kappa shape index (κ2) is 9.48. The van der Waals surface area contributed by atoms with Gasteiger partial charge in [-0.1, -0.05) is 23.7 Å². The Labute approximate surface area is 198 Å². The van der Waals surface area contributed by atoms with Gasteiger partial charge in [0, 0.05) is 22.8 Å². The van der Waals surface area contributed by atoms with Crippen LogP contribution in [0.2, 0.25) is 5.02 Å². The van der Waals surface area contributed by atoms with Crippen molar-refractivity contribution >= 4 is 29.1 Å². The van der Waals surface area contributed by atoms with Crippen molar-refractivity contribution in [3.63, 3.8) is 0 Å². The van der Waals surface area contributed by atoms with Gasteiger partial charge in [-0.3, -0.25) is 4.79 Å². The summed E-state index contributed by atoms with van der Waals surface area (Å²) >= 11 is 5.79. The zero-order chi connectivity index (χ0) is 24.4. The summed E-state index contributed by atoms with van der Waals surface area (Å²) in [5.41, 5.74) is 3.01. The standard InChI is InChI=1S/C24H20ClF2N5O2/c1-12-20(13(2)30-21(12)23(34)28-10-14-3-6-16(26)7-4-14)22-19(33)11-29-24(32-22)31-18-8-5-15(25)9-17(18)27/h3-9,11,30,33H,10H2,1-2H3,(H,28,34)(H,29,31,32). The molecular formula is C24H20ClF2N5O2. The van der Waals surface area contributed by atoms with Crippen LogP contribution in [0.5, 0.6) is 5.75 Å². The van der Waals surface area contributed by atoms with Gasteiger partial charge in [-0.15, -0.1) is 0 Å². The zero-order valence-electron chi connectivity index (χ0n) is 18.2. The van der Waals surface area contributed by atoms with Gasteiger partial charge in [-0.25, -0.2) is 18.7 Å². The molecule has 0 spiro atoms. The highest BCUT2D eigenvalue weighted by molar-refractivity contribution is 6.30. The van der Waals surface area contributed by atoms with E-state index in [0.717, 1.165) is 11.6 Å². The van der Waals surface area contributed by atoms with Crippen molar-refractivity contribution < 1.29 is 18.7 Å². The van der Waals surface area contributed by atoms with Gasteiger partial charge in [0.15, 0.2) is 5.75 Å². The lowest BCUT2D eigenvalue weighted by atomic mass is 10.1. The second-order valence-electron chi connectivity index (χ2n) is 7.61. The first-order chi connectivity index (χ1) is 16.2. The van der Waals surface area contributed by atoms with Crippen LogP contribution in [0.4, 0.5) is 20.4 Å². The van der Waals surface area contributed by atoms with E-state index in [1.807, 2.05) is 0 Å². The molecule has 0 aliphatic heterocycles. The Kier molecular flexibility index (Phi) is 6.47. The largest absolute Gasteiger partial charge is 0.504 e. The van der Waals surface area contributed by atoms with E-state index in [9.17, 15) is 18.7 Å². The van der Waals surface area contributed by atoms with Gasteiger partial charge >= 0.3 is 0 Å². The summed E-state index contributed by atoms with van der Waals surface area (Å²) in [6, 6.07) is 9.94. The minimum Gasteiger partial charge on any atom is -0.504 e. The van der Waals surface area contributed by atoms with Crippen molar-refractivity contribution in [1.29, 1.82) is 0 Å². The number of aryl methyl sites for hydroxylation is 1. The van der Waals surface area contributed by atoms with Crippen LogP contribution < -0.4 is 10.6 Å². The number of H-pyrrole nitrogens is 1. The smallest absolute Gasteiger partial charge is 0.268 e. The molecule has 174 valence electrons. The summed E-state index contributed by atoms with van der Waals surface area (Å²) in [4.78, 5) is 24.2. The lowest BCUT2D eigenvalue weighted by Crippen LogP contribution is -2.23. The molecule has 0 aliphatic rings. The van der Waals surface area contributed by atoms with Crippen molar-refractivity contribution in [2.24, 2.45) is 0 Å². The van der Waals surface area contributed by atoms with Crippen molar-refractivity contribution in [3.8, 4) is 17.0 Å². The van der Waals surface area contributed by atoms with E-state index in [4.69, 9.17) is 11.6 Å². The predicted molar refractivity (Wildman–Crippen MR) is 125 cm³/mol. The number of hydrogen-bond acceptors (Lipinski definition) is 5. The van der Waals surface area contributed by atoms with E-state index in [1.54, 1.807) is 26.0 Å². The molecule has 2 aromatic carbocycles. The predicted octanol–water partition coefficient (Wildman–Crippen LogP) is 5.40. The van der Waals surface area contributed by atoms with E-state index < -0.39 is 5.82 Å². The van der Waals surface area contributed by atoms with E-state index in [2.05, 4.69) is 25.6 Å². The Balaban J connectivity index is 1.60. The Hall–Kier alpha value is -3.98. The minimum atomic E-state index is -0.583. The molecule has 0 saturated carbocycles. The number of anilines is 2. The summed E-state index contributed by atoms with van der Waals surface area (Å²) < 4.78 is 27.2. The number of halogens is 3. The van der Waals surface area contributed by atoms with Gasteiger partial charge in [0.25, 0.3) is 5.91 Å². The highest BCUT2D eigenvalue weighted by atomic mass is 35.5. The lowest BCUT2D eigenvalue weighted by Gasteiger charge is -2.10. The third kappa shape index (κ3) is 4.84. The van der Waals surface area contributed by atoms with Gasteiger partial charge in [0.1, 0.15) is 23.0 Å². The summed E-state index contributed by atoms with van der Waals surface area (Å²) in [5, 5.41) is 16.2. The topological polar surface area (TPSA) is 103 Å². The fourth-order valence-electron chi connectivity index (χ4n) is 3.54. The molecule has 4 aromatic rings. The molecule has 34 heavy (non-hydrogen) atoms. The van der Waals surface area contributed by atoms with E-state index in [1.165, 1.54) is 30.5 Å². The first-order valence-electron chi connectivity index (χ1n) is 10.2. The molecule has 4 N–H and O–H groups in total. The van der Waals surface area contributed by atoms with E-state index in [-0.39, 0.29) is 46.4 Å². The summed E-state index contributed by atoms with van der Waals surface area (Å²) in [5.74, 6) is -1.46. The highest BCUT2D eigenvalue weighted by Crippen LogP contribution is 2.35. The molecule has 4 rings (SSSR count). The molecule has 1 amide bonds. The number of carbonyl (C=O) groups is 1. The van der Waals surface area contributed by atoms with Gasteiger partial charge in [-0.2, -0.15) is 0 Å². The van der Waals surface area contributed by atoms with Gasteiger partial charge < -0.3 is 20.7 Å². The van der Waals surface area contributed by atoms with Gasteiger partial charge in [0.05, 0.1) is 11.9 Å². The molecular weight excluding hydrogens is 464 g/mol. The Morgan fingerprint density at radius 3 is 2.59 bits per heavy atom. The van der Waals surface area contributed by atoms with Crippen LogP contribution in [0, 0.1) is 25.5 Å². The van der Waals surface area contributed by atoms with Crippen LogP contribution >= 0.6 is 11.6 Å². The summed E-state index contributed by atoms with van der Waals surface area (Å²) in [6.07, 6.45) is 1.19. The summed E-state index contributed by atoms with van der Waals surface area (Å²) in [6.45, 7) is 3.68. The molecule has 0 radical (unpaired) electrons. The molecule has 2 aromatic heterocycles. The minimum absolute atomic E-state index is 0.0522. The highest BCUT2D eigenvalue weighted by Gasteiger charge is 2.22. The Bertz CT molecular complexity index is 1370. The number of amides is 1. The number of benzene rings is 2. The third-order valence-electron chi connectivity index (χ3n) is 5.21. The fourth-order valence-corrected chi connectivity index (χ4v) is 3.70. The molecule has 0 saturated heterocycles. The van der Waals surface area contributed by atoms with Crippen LogP contribution in [-0.4, -0.2) is 26.0 Å². The fraction of sp³-hybridized carbons (Fsp3) is 0.125. The monoisotopic (exact) mass is 483 g/mol. The Morgan fingerprint density at radius 1 is 1.15 bits per heavy atom. The van der Waals surface area contributed by atoms with Gasteiger partial charge in [-0.05, 0) is 55.3 Å². The van der Waals surface area contributed by atoms with Crippen molar-refractivity contribution in [2.45, 2.75) is 20.4 Å². The zero-order valence-corrected chi connectivity index (χ0v) is 19.0. The molecule has 0 atom stereocenters. The second-order valence-corrected chi connectivity index (χ2v) is 8.05. The first-order valence-corrected chi connectivity index (χ1v) is 10.6. The van der Waals surface area contributed by atoms with E-state index in [0.29, 0.717) is 22.5 Å². The van der Waals surface area contributed by atoms with Crippen molar-refractivity contribution in [2.75, 3.05) is 5.32 Å². The number of aromatic amines is 1. The molecule has 2 heterocycles. The average molecular weight is 484 g/mol. The number of aromatic hydroxyl groups is 1. The molecule has 7 nitrogen and oxygen atoms in total. The first kappa shape index (κ1) is 23.2. The van der Waals surface area contributed by atoms with Crippen LogP contribution in [0.3, 0.4) is 0 Å². The third-order valence-corrected chi connectivity index (χ3v) is 5.45. The van der Waals surface area contributed by atoms with Crippen LogP contribution in [-0.2, 0) is 6.54 Å². The molecule has 0 bridgehead atoms. The molecule has 0 unspecified atom stereocenters. The quantitative estimate of drug-likeness (QED) is 0.294. The molecule has 0 aliphatic carbocycles. The number of rotatable bonds is 6. The van der Waals surface area contributed by atoms with Crippen LogP contribution in [0.1, 0.15) is 27.3 Å². The number of nitrogens with zero attached hydrogens (tertiary/aromatic N) is 2. The van der Waals surface area contributed by atoms with Crippen molar-refractivity contribution in [1.82, 2.24) is 20.3 Å². The summed E-state index contributed by atoms with van der Waals surface area (Å²) in [7, 11) is 0. The number of carbonyl (C=O) groups excluding carboxylic acids is 1. The average Bonchev–Trinajstić information content (AvgIpc) is 3.10. The SMILES string of the molecule is Cc1[nH]c(C(=O)NCc2ccc(F)cc2)c(C)c1-c1nc(Nc2ccc(Cl)cc2F)ncc1O. The Morgan fingerprint density at radius 2 is 1.88 bits per heavy atom. The van der Waals surface area contributed by atoms with Crippen molar-refractivity contribution in [3.05, 3.63) is 87.8 Å². The number of nitrogens with one attached hydrogen (secondary N) is 3. The maximum Gasteiger partial charge on any atom is 0.268 e. The maximum absolute atomic E-state index is 14.2. The normalized spacial score (nSPS) is 10.9. The lowest BCUT2D eigenvalue weighted by molar-refractivity contribution is 0.0945. The van der Waals surface area contributed by atoms with E-state index >= 15 is 0 Å². The molecule has 0 fully saturated rings. The molecule has 10 heteroatoms. The van der Waals surface area contributed by atoms with Crippen LogP contribution in [0.25, 0.3) is 11.3 Å². The number of hydrogen-bond donors (Lipinski definition) is 4. The number of aromatic nitrogens is 3. The van der Waals surface area contributed by atoms with Gasteiger partial charge in [0.2, 0.25) is 5.95 Å². The van der Waals surface area contributed by atoms with Crippen LogP contribution in [0.15, 0.2) is 48.7 Å².